The van der Waals surface area contributed by atoms with Gasteiger partial charge in [-0.15, -0.1) is 0 Å². The van der Waals surface area contributed by atoms with E-state index >= 15 is 0 Å². The molecule has 0 unspecified atom stereocenters. The van der Waals surface area contributed by atoms with Crippen LogP contribution in [0.25, 0.3) is 10.9 Å². The van der Waals surface area contributed by atoms with Crippen LogP contribution in [0.2, 0.25) is 0 Å². The van der Waals surface area contributed by atoms with Crippen LogP contribution in [0.1, 0.15) is 18.9 Å². The minimum Gasteiger partial charge on any atom is -0.317 e. The van der Waals surface area contributed by atoms with Crippen LogP contribution in [-0.2, 0) is 0 Å². The summed E-state index contributed by atoms with van der Waals surface area (Å²) in [6.45, 7) is 1.95. The molecule has 2 heterocycles. The van der Waals surface area contributed by atoms with E-state index in [0.29, 0.717) is 6.04 Å². The summed E-state index contributed by atoms with van der Waals surface area (Å²) in [5.41, 5.74) is 0.981. The van der Waals surface area contributed by atoms with Crippen LogP contribution in [-0.4, -0.2) is 27.8 Å². The number of rotatable bonds is 2. The minimum atomic E-state index is -0.362. The molecule has 3 rings (SSSR count). The van der Waals surface area contributed by atoms with Gasteiger partial charge in [0.15, 0.2) is 0 Å². The van der Waals surface area contributed by atoms with E-state index in [4.69, 9.17) is 0 Å². The zero-order chi connectivity index (χ0) is 12.5. The molecule has 0 spiro atoms. The Morgan fingerprint density at radius 2 is 2.17 bits per heavy atom. The molecule has 1 aliphatic rings. The zero-order valence-corrected chi connectivity index (χ0v) is 9.87. The molecule has 94 valence electrons. The predicted molar refractivity (Wildman–Crippen MR) is 67.5 cm³/mol. The van der Waals surface area contributed by atoms with Gasteiger partial charge in [0.1, 0.15) is 0 Å². The standard InChI is InChI=1S/C12H14N4O2/c17-16(18)11-2-1-9-8-14-15(12(9)7-11)10-3-5-13-6-4-10/h1-2,7-8,10,13H,3-6H2. The number of non-ortho nitro benzene ring substituents is 1. The summed E-state index contributed by atoms with van der Waals surface area (Å²) in [5, 5.41) is 19.5. The van der Waals surface area contributed by atoms with E-state index in [1.54, 1.807) is 18.3 Å². The lowest BCUT2D eigenvalue weighted by molar-refractivity contribution is -0.384. The Hall–Kier alpha value is -1.95. The van der Waals surface area contributed by atoms with Gasteiger partial charge < -0.3 is 5.32 Å². The highest BCUT2D eigenvalue weighted by Gasteiger charge is 2.18. The third-order valence-electron chi connectivity index (χ3n) is 3.45. The van der Waals surface area contributed by atoms with E-state index in [1.165, 1.54) is 6.07 Å². The number of hydrogen-bond donors (Lipinski definition) is 1. The minimum absolute atomic E-state index is 0.123. The quantitative estimate of drug-likeness (QED) is 0.648. The Balaban J connectivity index is 2.05. The average Bonchev–Trinajstić information content (AvgIpc) is 2.82. The van der Waals surface area contributed by atoms with Gasteiger partial charge in [0.25, 0.3) is 5.69 Å². The van der Waals surface area contributed by atoms with Crippen molar-refractivity contribution >= 4 is 16.6 Å². The van der Waals surface area contributed by atoms with Crippen molar-refractivity contribution in [1.82, 2.24) is 15.1 Å². The Morgan fingerprint density at radius 3 is 2.89 bits per heavy atom. The Kier molecular flexibility index (Phi) is 2.71. The first-order valence-corrected chi connectivity index (χ1v) is 6.08. The average molecular weight is 246 g/mol. The lowest BCUT2D eigenvalue weighted by Gasteiger charge is -2.23. The summed E-state index contributed by atoms with van der Waals surface area (Å²) in [6.07, 6.45) is 3.81. The van der Waals surface area contributed by atoms with Gasteiger partial charge in [-0.1, -0.05) is 0 Å². The molecule has 1 aromatic carbocycles. The number of piperidine rings is 1. The second-order valence-electron chi connectivity index (χ2n) is 4.57. The molecule has 0 amide bonds. The van der Waals surface area contributed by atoms with Crippen molar-refractivity contribution in [2.24, 2.45) is 0 Å². The lowest BCUT2D eigenvalue weighted by atomic mass is 10.1. The van der Waals surface area contributed by atoms with E-state index in [2.05, 4.69) is 10.4 Å². The predicted octanol–water partition coefficient (Wildman–Crippen LogP) is 1.87. The summed E-state index contributed by atoms with van der Waals surface area (Å²) in [6, 6.07) is 5.24. The first kappa shape index (κ1) is 11.2. The van der Waals surface area contributed by atoms with Gasteiger partial charge >= 0.3 is 0 Å². The molecule has 0 atom stereocenters. The molecule has 18 heavy (non-hydrogen) atoms. The maximum absolute atomic E-state index is 10.8. The van der Waals surface area contributed by atoms with Crippen LogP contribution < -0.4 is 5.32 Å². The van der Waals surface area contributed by atoms with Crippen molar-refractivity contribution in [2.75, 3.05) is 13.1 Å². The number of nitrogens with one attached hydrogen (secondary N) is 1. The van der Waals surface area contributed by atoms with E-state index < -0.39 is 0 Å². The van der Waals surface area contributed by atoms with Gasteiger partial charge in [-0.2, -0.15) is 5.10 Å². The van der Waals surface area contributed by atoms with Crippen LogP contribution in [0.3, 0.4) is 0 Å². The number of nitro groups is 1. The topological polar surface area (TPSA) is 73.0 Å². The highest BCUT2D eigenvalue weighted by Crippen LogP contribution is 2.26. The van der Waals surface area contributed by atoms with Gasteiger partial charge in [0.2, 0.25) is 0 Å². The van der Waals surface area contributed by atoms with Gasteiger partial charge in [0, 0.05) is 17.5 Å². The number of nitrogens with zero attached hydrogens (tertiary/aromatic N) is 3. The summed E-state index contributed by atoms with van der Waals surface area (Å²) >= 11 is 0. The number of hydrogen-bond acceptors (Lipinski definition) is 4. The molecule has 1 aliphatic heterocycles. The molecule has 0 aliphatic carbocycles. The molecule has 1 fully saturated rings. The molecular weight excluding hydrogens is 232 g/mol. The molecule has 0 bridgehead atoms. The summed E-state index contributed by atoms with van der Waals surface area (Å²) in [7, 11) is 0. The van der Waals surface area contributed by atoms with E-state index in [0.717, 1.165) is 36.8 Å². The molecule has 2 aromatic rings. The fourth-order valence-corrected chi connectivity index (χ4v) is 2.48. The fourth-order valence-electron chi connectivity index (χ4n) is 2.48. The first-order chi connectivity index (χ1) is 8.75. The lowest BCUT2D eigenvalue weighted by Crippen LogP contribution is -2.29. The molecule has 0 radical (unpaired) electrons. The largest absolute Gasteiger partial charge is 0.317 e. The van der Waals surface area contributed by atoms with Crippen molar-refractivity contribution in [3.8, 4) is 0 Å². The third-order valence-corrected chi connectivity index (χ3v) is 3.45. The Labute approximate surface area is 104 Å². The van der Waals surface area contributed by atoms with E-state index in [-0.39, 0.29) is 10.6 Å². The second-order valence-corrected chi connectivity index (χ2v) is 4.57. The van der Waals surface area contributed by atoms with Gasteiger partial charge in [-0.05, 0) is 32.0 Å². The normalized spacial score (nSPS) is 17.1. The number of fused-ring (bicyclic) bond motifs is 1. The second kappa shape index (κ2) is 4.38. The highest BCUT2D eigenvalue weighted by molar-refractivity contribution is 5.81. The Morgan fingerprint density at radius 1 is 1.39 bits per heavy atom. The molecule has 1 N–H and O–H groups in total. The zero-order valence-electron chi connectivity index (χ0n) is 9.87. The van der Waals surface area contributed by atoms with Crippen molar-refractivity contribution in [1.29, 1.82) is 0 Å². The smallest absolute Gasteiger partial charge is 0.271 e. The van der Waals surface area contributed by atoms with Gasteiger partial charge in [-0.3, -0.25) is 14.8 Å². The van der Waals surface area contributed by atoms with Crippen LogP contribution in [0.5, 0.6) is 0 Å². The Bertz CT molecular complexity index is 587. The SMILES string of the molecule is O=[N+]([O-])c1ccc2cnn(C3CCNCC3)c2c1. The maximum Gasteiger partial charge on any atom is 0.271 e. The van der Waals surface area contributed by atoms with Gasteiger partial charge in [0.05, 0.1) is 22.7 Å². The van der Waals surface area contributed by atoms with Crippen LogP contribution in [0.15, 0.2) is 24.4 Å². The molecule has 0 saturated carbocycles. The number of nitro benzene ring substituents is 1. The van der Waals surface area contributed by atoms with E-state index in [9.17, 15) is 10.1 Å². The monoisotopic (exact) mass is 246 g/mol. The molecular formula is C12H14N4O2. The summed E-state index contributed by atoms with van der Waals surface area (Å²) in [4.78, 5) is 10.5. The first-order valence-electron chi connectivity index (χ1n) is 6.08. The molecule has 1 saturated heterocycles. The van der Waals surface area contributed by atoms with Crippen molar-refractivity contribution < 1.29 is 4.92 Å². The van der Waals surface area contributed by atoms with Crippen molar-refractivity contribution in [3.05, 3.63) is 34.5 Å². The highest BCUT2D eigenvalue weighted by atomic mass is 16.6. The molecule has 1 aromatic heterocycles. The van der Waals surface area contributed by atoms with Crippen LogP contribution in [0.4, 0.5) is 5.69 Å². The van der Waals surface area contributed by atoms with Crippen molar-refractivity contribution in [2.45, 2.75) is 18.9 Å². The summed E-state index contributed by atoms with van der Waals surface area (Å²) in [5.74, 6) is 0. The number of benzene rings is 1. The van der Waals surface area contributed by atoms with E-state index in [1.807, 2.05) is 4.68 Å². The molecule has 6 heteroatoms. The van der Waals surface area contributed by atoms with Crippen molar-refractivity contribution in [3.63, 3.8) is 0 Å². The third kappa shape index (κ3) is 1.84. The van der Waals surface area contributed by atoms with Crippen LogP contribution in [0, 0.1) is 10.1 Å². The fraction of sp³-hybridized carbons (Fsp3) is 0.417. The number of aromatic nitrogens is 2. The van der Waals surface area contributed by atoms with Gasteiger partial charge in [-0.25, -0.2) is 0 Å². The summed E-state index contributed by atoms with van der Waals surface area (Å²) < 4.78 is 1.93. The van der Waals surface area contributed by atoms with Crippen LogP contribution >= 0.6 is 0 Å². The molecule has 6 nitrogen and oxygen atoms in total. The maximum atomic E-state index is 10.8.